The highest BCUT2D eigenvalue weighted by Crippen LogP contribution is 2.14. The van der Waals surface area contributed by atoms with E-state index in [4.69, 9.17) is 4.74 Å². The molecule has 0 unspecified atom stereocenters. The van der Waals surface area contributed by atoms with E-state index in [-0.39, 0.29) is 0 Å². The maximum Gasteiger partial charge on any atom is 0.119 e. The zero-order valence-electron chi connectivity index (χ0n) is 15.4. The molecular formula is C24H27NO. The summed E-state index contributed by atoms with van der Waals surface area (Å²) in [7, 11) is 0. The molecule has 2 heteroatoms. The van der Waals surface area contributed by atoms with Gasteiger partial charge in [0.2, 0.25) is 0 Å². The van der Waals surface area contributed by atoms with Crippen LogP contribution in [0.2, 0.25) is 0 Å². The predicted octanol–water partition coefficient (Wildman–Crippen LogP) is 4.95. The van der Waals surface area contributed by atoms with Crippen LogP contribution in [-0.4, -0.2) is 13.2 Å². The highest BCUT2D eigenvalue weighted by Gasteiger charge is 2.00. The van der Waals surface area contributed by atoms with Crippen LogP contribution in [0, 0.1) is 6.92 Å². The van der Waals surface area contributed by atoms with Gasteiger partial charge in [0.05, 0.1) is 6.61 Å². The van der Waals surface area contributed by atoms with Gasteiger partial charge in [0.1, 0.15) is 5.75 Å². The lowest BCUT2D eigenvalue weighted by Gasteiger charge is -2.10. The van der Waals surface area contributed by atoms with Gasteiger partial charge < -0.3 is 10.1 Å². The molecule has 3 aromatic rings. The Hall–Kier alpha value is -2.58. The van der Waals surface area contributed by atoms with E-state index in [1.807, 2.05) is 12.1 Å². The summed E-state index contributed by atoms with van der Waals surface area (Å²) in [4.78, 5) is 0. The molecular weight excluding hydrogens is 318 g/mol. The molecule has 0 aliphatic carbocycles. The van der Waals surface area contributed by atoms with E-state index >= 15 is 0 Å². The Morgan fingerprint density at radius 2 is 1.54 bits per heavy atom. The summed E-state index contributed by atoms with van der Waals surface area (Å²) >= 11 is 0. The average molecular weight is 345 g/mol. The molecule has 0 aromatic heterocycles. The summed E-state index contributed by atoms with van der Waals surface area (Å²) in [6, 6.07) is 27.4. The van der Waals surface area contributed by atoms with E-state index in [0.29, 0.717) is 6.61 Å². The van der Waals surface area contributed by atoms with Crippen molar-refractivity contribution in [2.75, 3.05) is 13.2 Å². The SMILES string of the molecule is Cc1ccccc1CCNCc1cccc(OCCc2ccccc2)c1. The number of hydrogen-bond acceptors (Lipinski definition) is 2. The molecule has 0 aliphatic heterocycles. The molecule has 3 aromatic carbocycles. The van der Waals surface area contributed by atoms with Gasteiger partial charge in [-0.15, -0.1) is 0 Å². The molecule has 0 saturated heterocycles. The first-order chi connectivity index (χ1) is 12.8. The summed E-state index contributed by atoms with van der Waals surface area (Å²) in [5, 5.41) is 3.53. The van der Waals surface area contributed by atoms with E-state index < -0.39 is 0 Å². The molecule has 2 nitrogen and oxygen atoms in total. The molecule has 134 valence electrons. The number of hydrogen-bond donors (Lipinski definition) is 1. The van der Waals surface area contributed by atoms with E-state index in [9.17, 15) is 0 Å². The van der Waals surface area contributed by atoms with Gasteiger partial charge in [-0.1, -0.05) is 66.7 Å². The monoisotopic (exact) mass is 345 g/mol. The van der Waals surface area contributed by atoms with E-state index in [1.165, 1.54) is 22.3 Å². The second-order valence-corrected chi connectivity index (χ2v) is 6.58. The number of ether oxygens (including phenoxy) is 1. The molecule has 0 fully saturated rings. The van der Waals surface area contributed by atoms with Crippen LogP contribution in [0.1, 0.15) is 22.3 Å². The smallest absolute Gasteiger partial charge is 0.119 e. The Kier molecular flexibility index (Phi) is 6.86. The molecule has 0 radical (unpaired) electrons. The average Bonchev–Trinajstić information content (AvgIpc) is 2.68. The summed E-state index contributed by atoms with van der Waals surface area (Å²) in [6.07, 6.45) is 1.99. The van der Waals surface area contributed by atoms with Crippen molar-refractivity contribution in [3.05, 3.63) is 101 Å². The lowest BCUT2D eigenvalue weighted by molar-refractivity contribution is 0.321. The fraction of sp³-hybridized carbons (Fsp3) is 0.250. The third-order valence-corrected chi connectivity index (χ3v) is 4.56. The number of aryl methyl sites for hydroxylation is 1. The second-order valence-electron chi connectivity index (χ2n) is 6.58. The first-order valence-electron chi connectivity index (χ1n) is 9.32. The molecule has 26 heavy (non-hydrogen) atoms. The molecule has 0 amide bonds. The maximum atomic E-state index is 5.91. The van der Waals surface area contributed by atoms with Crippen LogP contribution >= 0.6 is 0 Å². The summed E-state index contributed by atoms with van der Waals surface area (Å²) in [6.45, 7) is 4.71. The quantitative estimate of drug-likeness (QED) is 0.554. The first-order valence-corrected chi connectivity index (χ1v) is 9.32. The number of nitrogens with one attached hydrogen (secondary N) is 1. The minimum absolute atomic E-state index is 0.703. The van der Waals surface area contributed by atoms with Gasteiger partial charge >= 0.3 is 0 Å². The molecule has 1 N–H and O–H groups in total. The summed E-state index contributed by atoms with van der Waals surface area (Å²) in [5.74, 6) is 0.944. The van der Waals surface area contributed by atoms with Crippen molar-refractivity contribution in [2.45, 2.75) is 26.3 Å². The first kappa shape index (κ1) is 18.2. The van der Waals surface area contributed by atoms with E-state index in [2.05, 4.69) is 79.0 Å². The van der Waals surface area contributed by atoms with Crippen LogP contribution in [0.4, 0.5) is 0 Å². The Morgan fingerprint density at radius 3 is 2.38 bits per heavy atom. The van der Waals surface area contributed by atoms with E-state index in [0.717, 1.165) is 31.7 Å². The zero-order valence-corrected chi connectivity index (χ0v) is 15.4. The Labute approximate surface area is 156 Å². The minimum atomic E-state index is 0.703. The molecule has 0 aliphatic rings. The minimum Gasteiger partial charge on any atom is -0.493 e. The van der Waals surface area contributed by atoms with Crippen molar-refractivity contribution in [3.8, 4) is 5.75 Å². The summed E-state index contributed by atoms with van der Waals surface area (Å²) < 4.78 is 5.91. The third-order valence-electron chi connectivity index (χ3n) is 4.56. The van der Waals surface area contributed by atoms with Gasteiger partial charge in [0, 0.05) is 13.0 Å². The van der Waals surface area contributed by atoms with Gasteiger partial charge in [-0.2, -0.15) is 0 Å². The predicted molar refractivity (Wildman–Crippen MR) is 109 cm³/mol. The van der Waals surface area contributed by atoms with Crippen molar-refractivity contribution in [1.82, 2.24) is 5.32 Å². The number of rotatable bonds is 9. The second kappa shape index (κ2) is 9.79. The van der Waals surface area contributed by atoms with Gasteiger partial charge in [-0.05, 0) is 54.3 Å². The number of benzene rings is 3. The van der Waals surface area contributed by atoms with Crippen molar-refractivity contribution in [2.24, 2.45) is 0 Å². The van der Waals surface area contributed by atoms with Crippen LogP contribution < -0.4 is 10.1 Å². The fourth-order valence-corrected chi connectivity index (χ4v) is 3.02. The Balaban J connectivity index is 1.41. The maximum absolute atomic E-state index is 5.91. The van der Waals surface area contributed by atoms with Crippen molar-refractivity contribution < 1.29 is 4.74 Å². The molecule has 3 rings (SSSR count). The highest BCUT2D eigenvalue weighted by molar-refractivity contribution is 5.29. The van der Waals surface area contributed by atoms with Gasteiger partial charge in [-0.3, -0.25) is 0 Å². The molecule has 0 atom stereocenters. The molecule has 0 bridgehead atoms. The largest absolute Gasteiger partial charge is 0.493 e. The lowest BCUT2D eigenvalue weighted by Crippen LogP contribution is -2.17. The third kappa shape index (κ3) is 5.75. The highest BCUT2D eigenvalue weighted by atomic mass is 16.5. The lowest BCUT2D eigenvalue weighted by atomic mass is 10.1. The standard InChI is InChI=1S/C24H27NO/c1-20-8-5-6-12-23(20)14-16-25-19-22-11-7-13-24(18-22)26-17-15-21-9-3-2-4-10-21/h2-13,18,25H,14-17,19H2,1H3. The van der Waals surface area contributed by atoms with Crippen LogP contribution in [0.5, 0.6) is 5.75 Å². The van der Waals surface area contributed by atoms with Crippen LogP contribution in [0.3, 0.4) is 0 Å². The topological polar surface area (TPSA) is 21.3 Å². The van der Waals surface area contributed by atoms with Crippen LogP contribution in [-0.2, 0) is 19.4 Å². The molecule has 0 saturated carbocycles. The molecule has 0 heterocycles. The normalized spacial score (nSPS) is 10.7. The Bertz CT molecular complexity index is 798. The van der Waals surface area contributed by atoms with Crippen molar-refractivity contribution in [3.63, 3.8) is 0 Å². The van der Waals surface area contributed by atoms with E-state index in [1.54, 1.807) is 0 Å². The van der Waals surface area contributed by atoms with Crippen LogP contribution in [0.15, 0.2) is 78.9 Å². The van der Waals surface area contributed by atoms with Crippen molar-refractivity contribution >= 4 is 0 Å². The van der Waals surface area contributed by atoms with Gasteiger partial charge in [0.25, 0.3) is 0 Å². The fourth-order valence-electron chi connectivity index (χ4n) is 3.02. The summed E-state index contributed by atoms with van der Waals surface area (Å²) in [5.41, 5.74) is 5.34. The van der Waals surface area contributed by atoms with Gasteiger partial charge in [0.15, 0.2) is 0 Å². The molecule has 0 spiro atoms. The van der Waals surface area contributed by atoms with Gasteiger partial charge in [-0.25, -0.2) is 0 Å². The van der Waals surface area contributed by atoms with Crippen LogP contribution in [0.25, 0.3) is 0 Å². The van der Waals surface area contributed by atoms with Crippen molar-refractivity contribution in [1.29, 1.82) is 0 Å². The zero-order chi connectivity index (χ0) is 18.0. The Morgan fingerprint density at radius 1 is 0.769 bits per heavy atom.